The number of carbonyl (C=O) groups is 2. The van der Waals surface area contributed by atoms with E-state index >= 15 is 0 Å². The van der Waals surface area contributed by atoms with Crippen molar-refractivity contribution in [2.75, 3.05) is 52.9 Å². The van der Waals surface area contributed by atoms with Gasteiger partial charge in [0.2, 0.25) is 0 Å². The van der Waals surface area contributed by atoms with Crippen LogP contribution in [0.5, 0.6) is 11.5 Å². The Morgan fingerprint density at radius 2 is 0.869 bits per heavy atom. The van der Waals surface area contributed by atoms with Crippen LogP contribution in [0.3, 0.4) is 0 Å². The minimum Gasteiger partial charge on any atom is -0.484 e. The average molecular weight is 1480 g/mol. The van der Waals surface area contributed by atoms with Crippen LogP contribution in [-0.2, 0) is 45.2 Å². The number of aromatic amines is 4. The number of aryl methyl sites for hydroxylation is 6. The first-order valence-electron chi connectivity index (χ1n) is 37.0. The number of fused-ring (bicyclic) bond motifs is 4. The van der Waals surface area contributed by atoms with Crippen LogP contribution >= 0.6 is 11.3 Å². The topological polar surface area (TPSA) is 296 Å². The number of nitrogens with one attached hydrogen (secondary N) is 8. The predicted octanol–water partition coefficient (Wildman–Crippen LogP) is 13.5. The van der Waals surface area contributed by atoms with E-state index in [1.807, 2.05) is 84.3 Å². The highest BCUT2D eigenvalue weighted by molar-refractivity contribution is 7.07. The van der Waals surface area contributed by atoms with Gasteiger partial charge in [-0.15, -0.1) is 0 Å². The minimum absolute atomic E-state index is 0.104. The minimum atomic E-state index is -0.364. The summed E-state index contributed by atoms with van der Waals surface area (Å²) in [6.07, 6.45) is 9.23. The van der Waals surface area contributed by atoms with Gasteiger partial charge >= 0.3 is 11.4 Å². The molecule has 12 rings (SSSR count). The Morgan fingerprint density at radius 1 is 0.477 bits per heavy atom. The lowest BCUT2D eigenvalue weighted by atomic mass is 10.2. The number of amides is 2. The molecule has 0 spiro atoms. The molecule has 0 saturated carbocycles. The second-order valence-corrected chi connectivity index (χ2v) is 26.5. The smallest absolute Gasteiger partial charge is 0.332 e. The molecule has 0 unspecified atom stereocenters. The van der Waals surface area contributed by atoms with Gasteiger partial charge in [-0.3, -0.25) is 48.1 Å². The number of nitrogens with zero attached hydrogens (tertiary/aromatic N) is 6. The quantitative estimate of drug-likeness (QED) is 0.0153. The van der Waals surface area contributed by atoms with E-state index in [-0.39, 0.29) is 59.7 Å². The summed E-state index contributed by atoms with van der Waals surface area (Å²) in [7, 11) is 0. The van der Waals surface area contributed by atoms with Gasteiger partial charge in [0.05, 0.1) is 25.7 Å². The van der Waals surface area contributed by atoms with Crippen LogP contribution in [0.2, 0.25) is 0 Å². The first-order valence-corrected chi connectivity index (χ1v) is 37.9. The van der Waals surface area contributed by atoms with Crippen molar-refractivity contribution in [3.8, 4) is 34.3 Å². The Bertz CT molecular complexity index is 4610. The van der Waals surface area contributed by atoms with Gasteiger partial charge in [0.15, 0.2) is 24.5 Å². The van der Waals surface area contributed by atoms with Crippen LogP contribution in [0, 0.1) is 27.7 Å². The molecular weight excluding hydrogens is 1370 g/mol. The van der Waals surface area contributed by atoms with Crippen LogP contribution in [0.15, 0.2) is 176 Å². The van der Waals surface area contributed by atoms with Crippen molar-refractivity contribution in [3.05, 3.63) is 221 Å². The van der Waals surface area contributed by atoms with E-state index in [9.17, 15) is 28.8 Å². The van der Waals surface area contributed by atoms with Crippen molar-refractivity contribution < 1.29 is 28.5 Å². The number of ether oxygens (including phenoxy) is 4. The van der Waals surface area contributed by atoms with Gasteiger partial charge in [0.1, 0.15) is 34.2 Å². The van der Waals surface area contributed by atoms with Crippen LogP contribution in [0.25, 0.3) is 66.9 Å². The van der Waals surface area contributed by atoms with Crippen molar-refractivity contribution in [1.29, 1.82) is 0 Å². The van der Waals surface area contributed by atoms with Crippen LogP contribution in [0.1, 0.15) is 116 Å². The van der Waals surface area contributed by atoms with Crippen LogP contribution in [0.4, 0.5) is 0 Å². The summed E-state index contributed by atoms with van der Waals surface area (Å²) in [5, 5.41) is 18.6. The lowest BCUT2D eigenvalue weighted by Crippen LogP contribution is -2.40. The van der Waals surface area contributed by atoms with E-state index in [1.54, 1.807) is 69.0 Å². The van der Waals surface area contributed by atoms with E-state index in [4.69, 9.17) is 18.9 Å². The summed E-state index contributed by atoms with van der Waals surface area (Å²) in [5.74, 6) is 1.59. The molecule has 25 heteroatoms. The third-order valence-electron chi connectivity index (χ3n) is 17.0. The molecule has 0 aliphatic carbocycles. The third-order valence-corrected chi connectivity index (χ3v) is 17.8. The van der Waals surface area contributed by atoms with Gasteiger partial charge in [-0.1, -0.05) is 114 Å². The van der Waals surface area contributed by atoms with Gasteiger partial charge in [0, 0.05) is 97.7 Å². The van der Waals surface area contributed by atoms with Crippen LogP contribution in [-0.4, -0.2) is 125 Å². The molecule has 8 N–H and O–H groups in total. The molecule has 2 atom stereocenters. The standard InChI is InChI=1S/2C26H38N6O5.2C9H9N.C7H8.C5H6S/c2*1-5-14-31-24-22(25(34)32(15-6-2)26(31)35)29-23(30-24)19-8-10-20(11-9-19)36-16-21(33)28-13-12-27-17-37-18(4)7-3;2*1-7-6-10-9-5-3-2-4-8(7)9;1-7-5-3-2-4-6-7;1-5-2-3-6-4-5/h2*8-11,18,27H,5-7,12-17H2,1-4H3,(H,28,33)(H,29,30);2*2-6,10H,1H3;2-6H,1H3;2-4H,1H3/t2*18-;;;;/m00..../s1. The number of benzene rings is 5. The molecule has 572 valence electrons. The van der Waals surface area contributed by atoms with Crippen LogP contribution < -0.4 is 53.2 Å². The Balaban J connectivity index is 0.000000208. The number of aromatic nitrogens is 10. The zero-order valence-electron chi connectivity index (χ0n) is 64.1. The molecule has 0 fully saturated rings. The first-order chi connectivity index (χ1) is 51.8. The third kappa shape index (κ3) is 25.7. The molecular formula is C82H108N14O10S. The van der Waals surface area contributed by atoms with E-state index in [0.717, 1.165) is 36.8 Å². The number of hydrogen-bond donors (Lipinski definition) is 8. The Morgan fingerprint density at radius 3 is 1.21 bits per heavy atom. The van der Waals surface area contributed by atoms with Gasteiger partial charge in [0.25, 0.3) is 22.9 Å². The van der Waals surface area contributed by atoms with Gasteiger partial charge in [-0.2, -0.15) is 11.3 Å². The van der Waals surface area contributed by atoms with Crippen molar-refractivity contribution in [3.63, 3.8) is 0 Å². The Kier molecular flexibility index (Phi) is 34.9. The summed E-state index contributed by atoms with van der Waals surface area (Å²) >= 11 is 1.74. The summed E-state index contributed by atoms with van der Waals surface area (Å²) in [5.41, 5.74) is 9.17. The average Bonchev–Trinajstić information content (AvgIpc) is 1.74. The number of hydrogen-bond acceptors (Lipinski definition) is 15. The second-order valence-electron chi connectivity index (χ2n) is 25.7. The molecule has 107 heavy (non-hydrogen) atoms. The van der Waals surface area contributed by atoms with E-state index in [2.05, 4.69) is 158 Å². The van der Waals surface area contributed by atoms with Crippen molar-refractivity contribution in [2.24, 2.45) is 0 Å². The molecule has 5 aromatic carbocycles. The fourth-order valence-corrected chi connectivity index (χ4v) is 11.4. The fraction of sp³-hybridized carbons (Fsp3) is 0.390. The number of carbonyl (C=O) groups excluding carboxylic acids is 2. The second kappa shape index (κ2) is 44.5. The van der Waals surface area contributed by atoms with Gasteiger partial charge in [-0.25, -0.2) is 19.6 Å². The molecule has 0 radical (unpaired) electrons. The number of para-hydroxylation sites is 2. The summed E-state index contributed by atoms with van der Waals surface area (Å²) in [6, 6.07) is 43.1. The molecule has 7 aromatic heterocycles. The monoisotopic (exact) mass is 1480 g/mol. The maximum atomic E-state index is 12.9. The maximum Gasteiger partial charge on any atom is 0.332 e. The molecule has 7 heterocycles. The SMILES string of the molecule is CCCn1c(=O)c2[nH]c(-c3ccc(OCC(=O)NCCNCO[C@@H](C)CC)cc3)nc2n(CCC)c1=O.CCCn1c(=O)c2[nH]c(-c3ccc(OCC(=O)NCCNCO[C@@H](C)CC)cc3)nc2n(CCC)c1=O.Cc1c[nH]c2ccccc12.Cc1c[nH]c2ccccc12.Cc1ccccc1.Cc1ccsc1. The lowest BCUT2D eigenvalue weighted by Gasteiger charge is -2.12. The van der Waals surface area contributed by atoms with Crippen molar-refractivity contribution >= 4 is 67.3 Å². The molecule has 12 aromatic rings. The molecule has 0 saturated heterocycles. The Hall–Kier alpha value is -10.4. The summed E-state index contributed by atoms with van der Waals surface area (Å²) in [6.45, 7) is 28.8. The van der Waals surface area contributed by atoms with Crippen molar-refractivity contribution in [2.45, 2.75) is 160 Å². The number of rotatable bonds is 30. The number of imidazole rings is 2. The summed E-state index contributed by atoms with van der Waals surface area (Å²) < 4.78 is 27.8. The zero-order chi connectivity index (χ0) is 77.0. The zero-order valence-corrected chi connectivity index (χ0v) is 64.9. The highest BCUT2D eigenvalue weighted by atomic mass is 32.1. The fourth-order valence-electron chi connectivity index (χ4n) is 10.8. The normalized spacial score (nSPS) is 11.4. The maximum absolute atomic E-state index is 12.9. The first kappa shape index (κ1) is 83.8. The van der Waals surface area contributed by atoms with Crippen molar-refractivity contribution in [1.82, 2.24) is 69.4 Å². The number of thiophene rings is 1. The lowest BCUT2D eigenvalue weighted by molar-refractivity contribution is -0.123. The van der Waals surface area contributed by atoms with E-state index < -0.39 is 0 Å². The highest BCUT2D eigenvalue weighted by Gasteiger charge is 2.20. The summed E-state index contributed by atoms with van der Waals surface area (Å²) in [4.78, 5) is 97.4. The molecule has 0 aliphatic rings. The Labute approximate surface area is 629 Å². The molecule has 0 aliphatic heterocycles. The highest BCUT2D eigenvalue weighted by Crippen LogP contribution is 2.24. The molecule has 24 nitrogen and oxygen atoms in total. The largest absolute Gasteiger partial charge is 0.484 e. The van der Waals surface area contributed by atoms with E-state index in [0.29, 0.717) is 124 Å². The molecule has 0 bridgehead atoms. The van der Waals surface area contributed by atoms with Gasteiger partial charge in [-0.05, 0) is 174 Å². The number of H-pyrrole nitrogens is 4. The van der Waals surface area contributed by atoms with Gasteiger partial charge < -0.3 is 49.5 Å². The van der Waals surface area contributed by atoms with E-state index in [1.165, 1.54) is 53.2 Å². The predicted molar refractivity (Wildman–Crippen MR) is 432 cm³/mol. The molecule has 2 amide bonds.